The van der Waals surface area contributed by atoms with Crippen LogP contribution in [0.4, 0.5) is 0 Å². The fourth-order valence-corrected chi connectivity index (χ4v) is 1.98. The lowest BCUT2D eigenvalue weighted by atomic mass is 9.96. The Balaban J connectivity index is 4.02. The second-order valence-corrected chi connectivity index (χ2v) is 5.06. The smallest absolute Gasteiger partial charge is 0.0704 e. The summed E-state index contributed by atoms with van der Waals surface area (Å²) in [6, 6.07) is 0. The molecule has 0 rings (SSSR count). The Morgan fingerprint density at radius 2 is 1.86 bits per heavy atom. The van der Waals surface area contributed by atoms with E-state index in [9.17, 15) is 0 Å². The summed E-state index contributed by atoms with van der Waals surface area (Å²) < 4.78 is 6.08. The normalized spacial score (nSPS) is 14.8. The van der Waals surface area contributed by atoms with Crippen molar-refractivity contribution >= 4 is 0 Å². The third-order valence-corrected chi connectivity index (χ3v) is 2.27. The standard InChI is InChI=1S/C12H27NO/c1-7-11(9-13-6)14-12(4,5)8-10(2)3/h10-11,13H,7-9H2,1-6H3. The van der Waals surface area contributed by atoms with Crippen LogP contribution in [0.5, 0.6) is 0 Å². The van der Waals surface area contributed by atoms with Crippen molar-refractivity contribution in [1.82, 2.24) is 5.32 Å². The molecular formula is C12H27NO. The maximum atomic E-state index is 6.08. The van der Waals surface area contributed by atoms with E-state index in [-0.39, 0.29) is 5.60 Å². The minimum absolute atomic E-state index is 0.00565. The summed E-state index contributed by atoms with van der Waals surface area (Å²) in [6.45, 7) is 12.0. The number of rotatable bonds is 7. The Morgan fingerprint density at radius 1 is 1.29 bits per heavy atom. The van der Waals surface area contributed by atoms with E-state index in [1.54, 1.807) is 0 Å². The zero-order chi connectivity index (χ0) is 11.2. The van der Waals surface area contributed by atoms with E-state index in [0.29, 0.717) is 12.0 Å². The average molecular weight is 201 g/mol. The van der Waals surface area contributed by atoms with Gasteiger partial charge in [-0.05, 0) is 39.7 Å². The number of hydrogen-bond donors (Lipinski definition) is 1. The monoisotopic (exact) mass is 201 g/mol. The number of likely N-dealkylation sites (N-methyl/N-ethyl adjacent to an activating group) is 1. The van der Waals surface area contributed by atoms with E-state index in [0.717, 1.165) is 19.4 Å². The number of nitrogens with one attached hydrogen (secondary N) is 1. The molecule has 86 valence electrons. The van der Waals surface area contributed by atoms with E-state index >= 15 is 0 Å². The van der Waals surface area contributed by atoms with Gasteiger partial charge >= 0.3 is 0 Å². The van der Waals surface area contributed by atoms with Gasteiger partial charge in [0, 0.05) is 6.54 Å². The maximum Gasteiger partial charge on any atom is 0.0704 e. The average Bonchev–Trinajstić information content (AvgIpc) is 2.00. The molecule has 1 unspecified atom stereocenters. The summed E-state index contributed by atoms with van der Waals surface area (Å²) in [5, 5.41) is 3.17. The predicted molar refractivity (Wildman–Crippen MR) is 62.6 cm³/mol. The molecule has 0 aliphatic heterocycles. The van der Waals surface area contributed by atoms with E-state index in [2.05, 4.69) is 39.9 Å². The van der Waals surface area contributed by atoms with Gasteiger partial charge < -0.3 is 10.1 Å². The van der Waals surface area contributed by atoms with Gasteiger partial charge in [-0.3, -0.25) is 0 Å². The van der Waals surface area contributed by atoms with E-state index in [1.165, 1.54) is 0 Å². The largest absolute Gasteiger partial charge is 0.371 e. The molecule has 0 saturated carbocycles. The second-order valence-electron chi connectivity index (χ2n) is 5.06. The molecule has 0 aromatic carbocycles. The van der Waals surface area contributed by atoms with Crippen LogP contribution in [0.2, 0.25) is 0 Å². The minimum Gasteiger partial charge on any atom is -0.371 e. The zero-order valence-electron chi connectivity index (χ0n) is 10.7. The topological polar surface area (TPSA) is 21.3 Å². The van der Waals surface area contributed by atoms with Crippen LogP contribution in [-0.2, 0) is 4.74 Å². The van der Waals surface area contributed by atoms with Crippen LogP contribution in [0, 0.1) is 5.92 Å². The third-order valence-electron chi connectivity index (χ3n) is 2.27. The van der Waals surface area contributed by atoms with Crippen LogP contribution >= 0.6 is 0 Å². The molecule has 2 nitrogen and oxygen atoms in total. The predicted octanol–water partition coefficient (Wildman–Crippen LogP) is 2.83. The Kier molecular flexibility index (Phi) is 6.38. The van der Waals surface area contributed by atoms with Gasteiger partial charge in [0.15, 0.2) is 0 Å². The fourth-order valence-electron chi connectivity index (χ4n) is 1.98. The van der Waals surface area contributed by atoms with Crippen LogP contribution in [0.1, 0.15) is 47.5 Å². The Labute approximate surface area is 89.4 Å². The summed E-state index contributed by atoms with van der Waals surface area (Å²) in [5.41, 5.74) is 0.00565. The fraction of sp³-hybridized carbons (Fsp3) is 1.00. The highest BCUT2D eigenvalue weighted by molar-refractivity contribution is 4.73. The van der Waals surface area contributed by atoms with Gasteiger partial charge in [-0.1, -0.05) is 20.8 Å². The lowest BCUT2D eigenvalue weighted by Gasteiger charge is -2.32. The van der Waals surface area contributed by atoms with Crippen molar-refractivity contribution in [1.29, 1.82) is 0 Å². The highest BCUT2D eigenvalue weighted by atomic mass is 16.5. The van der Waals surface area contributed by atoms with Crippen molar-refractivity contribution in [3.63, 3.8) is 0 Å². The molecule has 0 saturated heterocycles. The van der Waals surface area contributed by atoms with Crippen molar-refractivity contribution in [2.45, 2.75) is 59.2 Å². The SMILES string of the molecule is CCC(CNC)OC(C)(C)CC(C)C. The van der Waals surface area contributed by atoms with Gasteiger partial charge in [-0.15, -0.1) is 0 Å². The molecule has 0 amide bonds. The van der Waals surface area contributed by atoms with Crippen molar-refractivity contribution in [2.75, 3.05) is 13.6 Å². The number of ether oxygens (including phenoxy) is 1. The summed E-state index contributed by atoms with van der Waals surface area (Å²) in [4.78, 5) is 0. The Morgan fingerprint density at radius 3 is 2.21 bits per heavy atom. The summed E-state index contributed by atoms with van der Waals surface area (Å²) in [7, 11) is 1.97. The molecule has 0 aromatic rings. The van der Waals surface area contributed by atoms with Gasteiger partial charge in [0.25, 0.3) is 0 Å². The molecule has 1 N–H and O–H groups in total. The van der Waals surface area contributed by atoms with E-state index in [4.69, 9.17) is 4.74 Å². The lowest BCUT2D eigenvalue weighted by molar-refractivity contribution is -0.0811. The Bertz CT molecular complexity index is 143. The molecule has 0 radical (unpaired) electrons. The van der Waals surface area contributed by atoms with Crippen LogP contribution < -0.4 is 5.32 Å². The summed E-state index contributed by atoms with van der Waals surface area (Å²) in [6.07, 6.45) is 2.53. The first-order chi connectivity index (χ1) is 6.41. The van der Waals surface area contributed by atoms with Gasteiger partial charge in [0.05, 0.1) is 11.7 Å². The molecule has 0 heterocycles. The first-order valence-electron chi connectivity index (χ1n) is 5.73. The van der Waals surface area contributed by atoms with Crippen molar-refractivity contribution < 1.29 is 4.74 Å². The van der Waals surface area contributed by atoms with Gasteiger partial charge in [0.1, 0.15) is 0 Å². The molecule has 0 fully saturated rings. The molecule has 0 aromatic heterocycles. The van der Waals surface area contributed by atoms with Gasteiger partial charge in [0.2, 0.25) is 0 Å². The molecule has 14 heavy (non-hydrogen) atoms. The van der Waals surface area contributed by atoms with E-state index in [1.807, 2.05) is 7.05 Å². The van der Waals surface area contributed by atoms with Crippen molar-refractivity contribution in [3.05, 3.63) is 0 Å². The molecule has 0 aliphatic carbocycles. The van der Waals surface area contributed by atoms with Crippen LogP contribution in [-0.4, -0.2) is 25.3 Å². The lowest BCUT2D eigenvalue weighted by Crippen LogP contribution is -2.36. The summed E-state index contributed by atoms with van der Waals surface area (Å²) in [5.74, 6) is 0.692. The third kappa shape index (κ3) is 6.39. The molecule has 2 heteroatoms. The highest BCUT2D eigenvalue weighted by Crippen LogP contribution is 2.22. The summed E-state index contributed by atoms with van der Waals surface area (Å²) >= 11 is 0. The maximum absolute atomic E-state index is 6.08. The molecule has 0 bridgehead atoms. The Hall–Kier alpha value is -0.0800. The van der Waals surface area contributed by atoms with Crippen LogP contribution in [0.3, 0.4) is 0 Å². The second kappa shape index (κ2) is 6.41. The zero-order valence-corrected chi connectivity index (χ0v) is 10.7. The van der Waals surface area contributed by atoms with Crippen LogP contribution in [0.25, 0.3) is 0 Å². The minimum atomic E-state index is 0.00565. The molecule has 0 spiro atoms. The molecule has 1 atom stereocenters. The first kappa shape index (κ1) is 13.9. The van der Waals surface area contributed by atoms with Gasteiger partial charge in [-0.25, -0.2) is 0 Å². The van der Waals surface area contributed by atoms with Gasteiger partial charge in [-0.2, -0.15) is 0 Å². The van der Waals surface area contributed by atoms with Crippen molar-refractivity contribution in [2.24, 2.45) is 5.92 Å². The highest BCUT2D eigenvalue weighted by Gasteiger charge is 2.23. The number of hydrogen-bond acceptors (Lipinski definition) is 2. The van der Waals surface area contributed by atoms with Crippen molar-refractivity contribution in [3.8, 4) is 0 Å². The van der Waals surface area contributed by atoms with E-state index < -0.39 is 0 Å². The molecule has 0 aliphatic rings. The quantitative estimate of drug-likeness (QED) is 0.684. The first-order valence-corrected chi connectivity index (χ1v) is 5.73. The van der Waals surface area contributed by atoms with Crippen LogP contribution in [0.15, 0.2) is 0 Å². The molecular weight excluding hydrogens is 174 g/mol.